The third kappa shape index (κ3) is 5.72. The van der Waals surface area contributed by atoms with E-state index in [1.54, 1.807) is 36.8 Å². The highest BCUT2D eigenvalue weighted by Crippen LogP contribution is 2.62. The van der Waals surface area contributed by atoms with Crippen LogP contribution < -0.4 is 0 Å². The van der Waals surface area contributed by atoms with Gasteiger partial charge in [0.1, 0.15) is 0 Å². The summed E-state index contributed by atoms with van der Waals surface area (Å²) in [5.74, 6) is 3.97. The Balaban J connectivity index is 1.12. The highest BCUT2D eigenvalue weighted by atomic mass is 14.6. The minimum atomic E-state index is 0.523. The van der Waals surface area contributed by atoms with Gasteiger partial charge in [0.15, 0.2) is 0 Å². The second-order valence-electron chi connectivity index (χ2n) is 13.8. The fourth-order valence-corrected chi connectivity index (χ4v) is 9.39. The first-order valence-corrected chi connectivity index (χ1v) is 16.3. The molecule has 0 heteroatoms. The minimum Gasteiger partial charge on any atom is -0.0654 e. The van der Waals surface area contributed by atoms with Gasteiger partial charge in [0.2, 0.25) is 0 Å². The molecule has 6 rings (SSSR count). The molecular weight excluding hydrogens is 420 g/mol. The van der Waals surface area contributed by atoms with Gasteiger partial charge in [-0.3, -0.25) is 0 Å². The zero-order valence-corrected chi connectivity index (χ0v) is 23.5. The summed E-state index contributed by atoms with van der Waals surface area (Å²) in [5, 5.41) is 0. The fourth-order valence-electron chi connectivity index (χ4n) is 9.39. The van der Waals surface area contributed by atoms with Crippen LogP contribution in [-0.2, 0) is 5.41 Å². The average Bonchev–Trinajstić information content (AvgIpc) is 2.94. The molecule has 5 fully saturated rings. The quantitative estimate of drug-likeness (QED) is 0.294. The van der Waals surface area contributed by atoms with E-state index in [0.717, 1.165) is 29.1 Å². The summed E-state index contributed by atoms with van der Waals surface area (Å²) in [7, 11) is 0. The number of benzene rings is 1. The first kappa shape index (κ1) is 25.9. The van der Waals surface area contributed by atoms with Crippen LogP contribution in [0.1, 0.15) is 166 Å². The fraction of sp³-hybridized carbons (Fsp3) is 0.829. The summed E-state index contributed by atoms with van der Waals surface area (Å²) in [6, 6.07) is 10.3. The van der Waals surface area contributed by atoms with Crippen LogP contribution in [0.2, 0.25) is 0 Å². The Kier molecular flexibility index (Phi) is 8.66. The molecular formula is C35H56. The zero-order valence-electron chi connectivity index (χ0n) is 23.5. The Morgan fingerprint density at radius 1 is 0.600 bits per heavy atom. The Morgan fingerprint density at radius 2 is 1.14 bits per heavy atom. The molecule has 5 saturated carbocycles. The highest BCUT2D eigenvalue weighted by molar-refractivity contribution is 5.33. The molecule has 35 heavy (non-hydrogen) atoms. The summed E-state index contributed by atoms with van der Waals surface area (Å²) in [5.41, 5.74) is 4.60. The first-order valence-electron chi connectivity index (χ1n) is 16.3. The highest BCUT2D eigenvalue weighted by Gasteiger charge is 2.52. The molecule has 0 spiro atoms. The second kappa shape index (κ2) is 11.7. The molecule has 5 aliphatic rings. The van der Waals surface area contributed by atoms with E-state index in [1.807, 2.05) is 0 Å². The third-order valence-electron chi connectivity index (χ3n) is 12.0. The van der Waals surface area contributed by atoms with Crippen molar-refractivity contribution in [3.8, 4) is 0 Å². The van der Waals surface area contributed by atoms with E-state index >= 15 is 0 Å². The van der Waals surface area contributed by atoms with Crippen molar-refractivity contribution in [3.63, 3.8) is 0 Å². The number of hydrogen-bond donors (Lipinski definition) is 0. The van der Waals surface area contributed by atoms with Gasteiger partial charge in [-0.05, 0) is 123 Å². The molecule has 2 bridgehead atoms. The van der Waals surface area contributed by atoms with Crippen LogP contribution in [0.4, 0.5) is 0 Å². The standard InChI is InChI=1S/C35H56/c1-3-5-7-9-29-12-18-32(19-13-29)34-22-25-35(26-23-34,27-24-34)33-20-16-31(17-21-33)30-14-10-28(11-15-30)8-6-4-2/h16-17,20-21,28-30,32H,3-15,18-19,22-27H2,1-2H3/t28-,29?,30-,32?,34?,35?. The van der Waals surface area contributed by atoms with Gasteiger partial charge in [-0.25, -0.2) is 0 Å². The summed E-state index contributed by atoms with van der Waals surface area (Å²) < 4.78 is 0. The third-order valence-corrected chi connectivity index (χ3v) is 12.0. The molecule has 196 valence electrons. The Hall–Kier alpha value is -0.780. The first-order chi connectivity index (χ1) is 17.2. The second-order valence-corrected chi connectivity index (χ2v) is 13.8. The van der Waals surface area contributed by atoms with Crippen LogP contribution in [0.3, 0.4) is 0 Å². The van der Waals surface area contributed by atoms with Gasteiger partial charge in [-0.15, -0.1) is 0 Å². The molecule has 0 unspecified atom stereocenters. The van der Waals surface area contributed by atoms with Gasteiger partial charge < -0.3 is 0 Å². The molecule has 0 nitrogen and oxygen atoms in total. The normalized spacial score (nSPS) is 37.4. The van der Waals surface area contributed by atoms with E-state index in [2.05, 4.69) is 38.1 Å². The van der Waals surface area contributed by atoms with E-state index < -0.39 is 0 Å². The lowest BCUT2D eigenvalue weighted by Gasteiger charge is -2.58. The molecule has 0 N–H and O–H groups in total. The van der Waals surface area contributed by atoms with Gasteiger partial charge in [-0.1, -0.05) is 95.9 Å². The monoisotopic (exact) mass is 476 g/mol. The number of rotatable bonds is 10. The number of hydrogen-bond acceptors (Lipinski definition) is 0. The molecule has 0 aliphatic heterocycles. The molecule has 0 atom stereocenters. The summed E-state index contributed by atoms with van der Waals surface area (Å²) in [6.07, 6.45) is 31.1. The van der Waals surface area contributed by atoms with Gasteiger partial charge in [0.05, 0.1) is 0 Å². The van der Waals surface area contributed by atoms with Crippen molar-refractivity contribution in [2.45, 2.75) is 160 Å². The lowest BCUT2D eigenvalue weighted by Crippen LogP contribution is -2.48. The van der Waals surface area contributed by atoms with Crippen LogP contribution in [0, 0.1) is 23.2 Å². The van der Waals surface area contributed by atoms with Gasteiger partial charge in [0.25, 0.3) is 0 Å². The Bertz CT molecular complexity index is 731. The van der Waals surface area contributed by atoms with Crippen molar-refractivity contribution in [3.05, 3.63) is 35.4 Å². The minimum absolute atomic E-state index is 0.523. The van der Waals surface area contributed by atoms with Crippen molar-refractivity contribution in [2.24, 2.45) is 23.2 Å². The lowest BCUT2D eigenvalue weighted by molar-refractivity contribution is -0.0294. The van der Waals surface area contributed by atoms with E-state index in [-0.39, 0.29) is 0 Å². The van der Waals surface area contributed by atoms with Gasteiger partial charge in [-0.2, -0.15) is 0 Å². The van der Waals surface area contributed by atoms with Crippen molar-refractivity contribution in [1.29, 1.82) is 0 Å². The zero-order chi connectivity index (χ0) is 24.1. The van der Waals surface area contributed by atoms with Crippen LogP contribution >= 0.6 is 0 Å². The van der Waals surface area contributed by atoms with Crippen molar-refractivity contribution in [2.75, 3.05) is 0 Å². The molecule has 0 heterocycles. The molecule has 0 saturated heterocycles. The van der Waals surface area contributed by atoms with E-state index in [9.17, 15) is 0 Å². The maximum Gasteiger partial charge on any atom is -0.00463 e. The molecule has 1 aromatic rings. The van der Waals surface area contributed by atoms with E-state index in [4.69, 9.17) is 0 Å². The number of unbranched alkanes of at least 4 members (excludes halogenated alkanes) is 3. The van der Waals surface area contributed by atoms with Crippen molar-refractivity contribution >= 4 is 0 Å². The topological polar surface area (TPSA) is 0 Å². The molecule has 5 aliphatic carbocycles. The van der Waals surface area contributed by atoms with Crippen LogP contribution in [0.25, 0.3) is 0 Å². The van der Waals surface area contributed by atoms with Gasteiger partial charge in [0, 0.05) is 0 Å². The van der Waals surface area contributed by atoms with E-state index in [0.29, 0.717) is 5.41 Å². The average molecular weight is 477 g/mol. The SMILES string of the molecule is CCCCCC1CCC(C23CCC(c4ccc([C@H]5CC[C@H](CCCC)CC5)cc4)(CC2)CC3)CC1. The molecule has 0 amide bonds. The van der Waals surface area contributed by atoms with Crippen molar-refractivity contribution in [1.82, 2.24) is 0 Å². The molecule has 0 radical (unpaired) electrons. The maximum atomic E-state index is 2.58. The maximum absolute atomic E-state index is 2.58. The predicted molar refractivity (Wildman–Crippen MR) is 152 cm³/mol. The predicted octanol–water partition coefficient (Wildman–Crippen LogP) is 11.1. The molecule has 0 aromatic heterocycles. The van der Waals surface area contributed by atoms with Crippen LogP contribution in [0.5, 0.6) is 0 Å². The molecule has 1 aromatic carbocycles. The summed E-state index contributed by atoms with van der Waals surface area (Å²) >= 11 is 0. The Morgan fingerprint density at radius 3 is 1.71 bits per heavy atom. The summed E-state index contributed by atoms with van der Waals surface area (Å²) in [6.45, 7) is 4.68. The van der Waals surface area contributed by atoms with Crippen LogP contribution in [0.15, 0.2) is 24.3 Å². The van der Waals surface area contributed by atoms with Gasteiger partial charge >= 0.3 is 0 Å². The van der Waals surface area contributed by atoms with Crippen molar-refractivity contribution < 1.29 is 0 Å². The number of fused-ring (bicyclic) bond motifs is 3. The van der Waals surface area contributed by atoms with Crippen LogP contribution in [-0.4, -0.2) is 0 Å². The largest absolute Gasteiger partial charge is 0.0654 e. The smallest absolute Gasteiger partial charge is 0.00463 e. The summed E-state index contributed by atoms with van der Waals surface area (Å²) in [4.78, 5) is 0. The Labute approximate surface area is 218 Å². The lowest BCUT2D eigenvalue weighted by atomic mass is 9.47. The van der Waals surface area contributed by atoms with E-state index in [1.165, 1.54) is 109 Å².